The minimum absolute atomic E-state index is 0.0795. The number of halogens is 3. The molecule has 0 aromatic rings. The van der Waals surface area contributed by atoms with Crippen LogP contribution in [0, 0.1) is 5.92 Å². The summed E-state index contributed by atoms with van der Waals surface area (Å²) in [6.07, 6.45) is -1.87. The summed E-state index contributed by atoms with van der Waals surface area (Å²) in [5.74, 6) is 0.684. The van der Waals surface area contributed by atoms with Crippen LogP contribution in [0.15, 0.2) is 0 Å². The predicted molar refractivity (Wildman–Crippen MR) is 69.7 cm³/mol. The zero-order chi connectivity index (χ0) is 14.2. The lowest BCUT2D eigenvalue weighted by molar-refractivity contribution is -0.149. The van der Waals surface area contributed by atoms with Gasteiger partial charge in [0, 0.05) is 19.1 Å². The van der Waals surface area contributed by atoms with Crippen LogP contribution in [0.2, 0.25) is 0 Å². The lowest BCUT2D eigenvalue weighted by Crippen LogP contribution is -2.42. The molecule has 0 fully saturated rings. The molecule has 0 spiro atoms. The first kappa shape index (κ1) is 17.7. The monoisotopic (exact) mass is 268 g/mol. The van der Waals surface area contributed by atoms with Gasteiger partial charge in [-0.15, -0.1) is 0 Å². The Labute approximate surface area is 109 Å². The van der Waals surface area contributed by atoms with Gasteiger partial charge in [-0.1, -0.05) is 13.8 Å². The molecule has 0 aliphatic heterocycles. The van der Waals surface area contributed by atoms with Crippen molar-refractivity contribution in [2.24, 2.45) is 5.92 Å². The summed E-state index contributed by atoms with van der Waals surface area (Å²) in [6, 6.07) is -0.0795. The van der Waals surface area contributed by atoms with Crippen molar-refractivity contribution in [2.75, 3.05) is 26.2 Å². The van der Waals surface area contributed by atoms with Gasteiger partial charge in [-0.3, -0.25) is 4.90 Å². The highest BCUT2D eigenvalue weighted by Crippen LogP contribution is 2.17. The van der Waals surface area contributed by atoms with Crippen molar-refractivity contribution in [1.82, 2.24) is 10.2 Å². The molecule has 0 unspecified atom stereocenters. The molecular weight excluding hydrogens is 241 g/mol. The van der Waals surface area contributed by atoms with Crippen molar-refractivity contribution >= 4 is 0 Å². The fourth-order valence-electron chi connectivity index (χ4n) is 1.73. The summed E-state index contributed by atoms with van der Waals surface area (Å²) >= 11 is 0. The largest absolute Gasteiger partial charge is 0.401 e. The predicted octanol–water partition coefficient (Wildman–Crippen LogP) is 3.28. The van der Waals surface area contributed by atoms with Gasteiger partial charge in [-0.25, -0.2) is 0 Å². The summed E-state index contributed by atoms with van der Waals surface area (Å²) in [6.45, 7) is 9.06. The summed E-state index contributed by atoms with van der Waals surface area (Å²) in [5, 5.41) is 3.20. The molecule has 0 aliphatic rings. The Kier molecular flexibility index (Phi) is 8.61. The van der Waals surface area contributed by atoms with E-state index in [1.807, 2.05) is 0 Å². The van der Waals surface area contributed by atoms with Gasteiger partial charge in [-0.2, -0.15) is 13.2 Å². The van der Waals surface area contributed by atoms with Crippen molar-refractivity contribution in [3.63, 3.8) is 0 Å². The third-order valence-electron chi connectivity index (χ3n) is 2.82. The van der Waals surface area contributed by atoms with Gasteiger partial charge < -0.3 is 5.32 Å². The molecule has 0 heterocycles. The highest BCUT2D eigenvalue weighted by atomic mass is 19.4. The molecule has 18 heavy (non-hydrogen) atoms. The highest BCUT2D eigenvalue weighted by Gasteiger charge is 2.31. The Morgan fingerprint density at radius 2 is 1.67 bits per heavy atom. The molecule has 0 saturated carbocycles. The first-order valence-electron chi connectivity index (χ1n) is 6.74. The lowest BCUT2D eigenvalue weighted by atomic mass is 10.1. The van der Waals surface area contributed by atoms with Crippen molar-refractivity contribution in [2.45, 2.75) is 52.8 Å². The second kappa shape index (κ2) is 8.75. The number of hydrogen-bond acceptors (Lipinski definition) is 2. The Morgan fingerprint density at radius 1 is 1.06 bits per heavy atom. The maximum Gasteiger partial charge on any atom is 0.401 e. The molecule has 0 aromatic carbocycles. The van der Waals surface area contributed by atoms with Crippen LogP contribution in [0.4, 0.5) is 13.2 Å². The SMILES string of the molecule is CC(C)CCCNCCN(CC(F)(F)F)C(C)C. The number of rotatable bonds is 9. The minimum atomic E-state index is -4.11. The van der Waals surface area contributed by atoms with Gasteiger partial charge in [0.25, 0.3) is 0 Å². The van der Waals surface area contributed by atoms with Gasteiger partial charge in [-0.05, 0) is 39.2 Å². The van der Waals surface area contributed by atoms with E-state index in [4.69, 9.17) is 0 Å². The molecule has 0 aromatic heterocycles. The van der Waals surface area contributed by atoms with Gasteiger partial charge in [0.15, 0.2) is 0 Å². The fourth-order valence-corrected chi connectivity index (χ4v) is 1.73. The summed E-state index contributed by atoms with van der Waals surface area (Å²) in [7, 11) is 0. The Bertz CT molecular complexity index is 203. The smallest absolute Gasteiger partial charge is 0.315 e. The highest BCUT2D eigenvalue weighted by molar-refractivity contribution is 4.68. The topological polar surface area (TPSA) is 15.3 Å². The van der Waals surface area contributed by atoms with Crippen LogP contribution in [-0.4, -0.2) is 43.3 Å². The van der Waals surface area contributed by atoms with E-state index in [0.29, 0.717) is 19.0 Å². The fraction of sp³-hybridized carbons (Fsp3) is 1.00. The van der Waals surface area contributed by atoms with Crippen molar-refractivity contribution in [1.29, 1.82) is 0 Å². The number of nitrogens with one attached hydrogen (secondary N) is 1. The van der Waals surface area contributed by atoms with E-state index in [9.17, 15) is 13.2 Å². The third kappa shape index (κ3) is 10.8. The zero-order valence-electron chi connectivity index (χ0n) is 12.0. The van der Waals surface area contributed by atoms with Crippen LogP contribution < -0.4 is 5.32 Å². The molecule has 0 rings (SSSR count). The molecule has 1 N–H and O–H groups in total. The molecule has 0 saturated heterocycles. The normalized spacial score (nSPS) is 13.0. The molecule has 0 aliphatic carbocycles. The molecule has 0 bridgehead atoms. The van der Waals surface area contributed by atoms with Gasteiger partial charge in [0.05, 0.1) is 6.54 Å². The van der Waals surface area contributed by atoms with Crippen LogP contribution in [0.5, 0.6) is 0 Å². The first-order valence-corrected chi connectivity index (χ1v) is 6.74. The lowest BCUT2D eigenvalue weighted by Gasteiger charge is -2.27. The van der Waals surface area contributed by atoms with Crippen LogP contribution >= 0.6 is 0 Å². The minimum Gasteiger partial charge on any atom is -0.315 e. The maximum absolute atomic E-state index is 12.3. The summed E-state index contributed by atoms with van der Waals surface area (Å²) < 4.78 is 37.0. The zero-order valence-corrected chi connectivity index (χ0v) is 12.0. The van der Waals surface area contributed by atoms with E-state index in [-0.39, 0.29) is 6.04 Å². The van der Waals surface area contributed by atoms with Gasteiger partial charge >= 0.3 is 6.18 Å². The van der Waals surface area contributed by atoms with Crippen molar-refractivity contribution < 1.29 is 13.2 Å². The quantitative estimate of drug-likeness (QED) is 0.646. The van der Waals surface area contributed by atoms with Crippen LogP contribution in [0.25, 0.3) is 0 Å². The van der Waals surface area contributed by atoms with E-state index in [0.717, 1.165) is 19.4 Å². The molecule has 0 radical (unpaired) electrons. The average Bonchev–Trinajstić information content (AvgIpc) is 2.18. The summed E-state index contributed by atoms with van der Waals surface area (Å²) in [4.78, 5) is 1.45. The van der Waals surface area contributed by atoms with Crippen LogP contribution in [-0.2, 0) is 0 Å². The Morgan fingerprint density at radius 3 is 2.11 bits per heavy atom. The second-order valence-corrected chi connectivity index (χ2v) is 5.47. The molecule has 0 amide bonds. The van der Waals surface area contributed by atoms with E-state index in [2.05, 4.69) is 19.2 Å². The Hall–Kier alpha value is -0.290. The molecular formula is C13H27F3N2. The molecule has 2 nitrogen and oxygen atoms in total. The van der Waals surface area contributed by atoms with Crippen molar-refractivity contribution in [3.8, 4) is 0 Å². The van der Waals surface area contributed by atoms with Crippen LogP contribution in [0.1, 0.15) is 40.5 Å². The first-order chi connectivity index (χ1) is 8.22. The second-order valence-electron chi connectivity index (χ2n) is 5.47. The molecule has 110 valence electrons. The van der Waals surface area contributed by atoms with E-state index < -0.39 is 12.7 Å². The third-order valence-corrected chi connectivity index (χ3v) is 2.82. The maximum atomic E-state index is 12.3. The average molecular weight is 268 g/mol. The summed E-state index contributed by atoms with van der Waals surface area (Å²) in [5.41, 5.74) is 0. The number of hydrogen-bond donors (Lipinski definition) is 1. The molecule has 0 atom stereocenters. The number of alkyl halides is 3. The van der Waals surface area contributed by atoms with E-state index >= 15 is 0 Å². The Balaban J connectivity index is 3.72. The van der Waals surface area contributed by atoms with Gasteiger partial charge in [0.1, 0.15) is 0 Å². The molecule has 5 heteroatoms. The van der Waals surface area contributed by atoms with Crippen LogP contribution in [0.3, 0.4) is 0 Å². The van der Waals surface area contributed by atoms with Crippen molar-refractivity contribution in [3.05, 3.63) is 0 Å². The van der Waals surface area contributed by atoms with Gasteiger partial charge in [0.2, 0.25) is 0 Å². The van der Waals surface area contributed by atoms with E-state index in [1.54, 1.807) is 13.8 Å². The van der Waals surface area contributed by atoms with E-state index in [1.165, 1.54) is 4.90 Å². The standard InChI is InChI=1S/C13H27F3N2/c1-11(2)6-5-7-17-8-9-18(12(3)4)10-13(14,15)16/h11-12,17H,5-10H2,1-4H3. The number of nitrogens with zero attached hydrogens (tertiary/aromatic N) is 1.